The van der Waals surface area contributed by atoms with Gasteiger partial charge in [-0.2, -0.15) is 0 Å². The summed E-state index contributed by atoms with van der Waals surface area (Å²) in [6, 6.07) is 6.07. The van der Waals surface area contributed by atoms with Crippen molar-refractivity contribution in [3.05, 3.63) is 24.3 Å². The minimum atomic E-state index is -3.70. The molecule has 2 fully saturated rings. The average molecular weight is 355 g/mol. The van der Waals surface area contributed by atoms with Crippen LogP contribution in [0.5, 0.6) is 5.75 Å². The van der Waals surface area contributed by atoms with Gasteiger partial charge in [0.25, 0.3) is 5.91 Å². The van der Waals surface area contributed by atoms with Crippen LogP contribution in [0.2, 0.25) is 0 Å². The van der Waals surface area contributed by atoms with Crippen LogP contribution in [0.25, 0.3) is 0 Å². The minimum Gasteiger partial charge on any atom is -0.497 e. The standard InChI is InChI=1S/C16H21NO6S/c1-22-11-4-6-14(7-5-11)24(20,21)10-16(15(18)17-19)8-12-2-3-13(9-16)23-12/h4-7,12-13,19H,2-3,8-10H2,1H3,(H,17,18)/t12-,13+,16?. The summed E-state index contributed by atoms with van der Waals surface area (Å²) in [5.41, 5.74) is 0.489. The molecule has 7 nitrogen and oxygen atoms in total. The number of hydrogen-bond acceptors (Lipinski definition) is 6. The number of ether oxygens (including phenoxy) is 2. The molecule has 1 aromatic rings. The van der Waals surface area contributed by atoms with Crippen molar-refractivity contribution >= 4 is 15.7 Å². The summed E-state index contributed by atoms with van der Waals surface area (Å²) in [7, 11) is -2.20. The highest BCUT2D eigenvalue weighted by atomic mass is 32.2. The largest absolute Gasteiger partial charge is 0.497 e. The number of fused-ring (bicyclic) bond motifs is 2. The van der Waals surface area contributed by atoms with Crippen LogP contribution in [0.1, 0.15) is 25.7 Å². The number of carbonyl (C=O) groups excluding carboxylic acids is 1. The number of methoxy groups -OCH3 is 1. The molecule has 3 atom stereocenters. The van der Waals surface area contributed by atoms with E-state index in [0.29, 0.717) is 18.6 Å². The van der Waals surface area contributed by atoms with Crippen molar-refractivity contribution in [1.82, 2.24) is 5.48 Å². The lowest BCUT2D eigenvalue weighted by molar-refractivity contribution is -0.148. The van der Waals surface area contributed by atoms with Gasteiger partial charge in [0.2, 0.25) is 0 Å². The zero-order valence-corrected chi connectivity index (χ0v) is 14.2. The maximum atomic E-state index is 12.8. The van der Waals surface area contributed by atoms with Gasteiger partial charge >= 0.3 is 0 Å². The molecule has 2 aliphatic rings. The molecule has 8 heteroatoms. The Hall–Kier alpha value is -1.64. The predicted molar refractivity (Wildman–Crippen MR) is 84.5 cm³/mol. The van der Waals surface area contributed by atoms with Crippen LogP contribution in [0, 0.1) is 5.41 Å². The van der Waals surface area contributed by atoms with Crippen LogP contribution in [0.3, 0.4) is 0 Å². The summed E-state index contributed by atoms with van der Waals surface area (Å²) in [4.78, 5) is 12.4. The summed E-state index contributed by atoms with van der Waals surface area (Å²) >= 11 is 0. The van der Waals surface area contributed by atoms with E-state index in [0.717, 1.165) is 12.8 Å². The van der Waals surface area contributed by atoms with E-state index in [9.17, 15) is 13.2 Å². The van der Waals surface area contributed by atoms with E-state index < -0.39 is 21.2 Å². The minimum absolute atomic E-state index is 0.132. The lowest BCUT2D eigenvalue weighted by Crippen LogP contribution is -2.50. The van der Waals surface area contributed by atoms with Crippen LogP contribution in [-0.4, -0.2) is 44.6 Å². The molecule has 2 saturated heterocycles. The highest BCUT2D eigenvalue weighted by Gasteiger charge is 2.51. The van der Waals surface area contributed by atoms with Gasteiger partial charge in [-0.3, -0.25) is 10.0 Å². The first kappa shape index (κ1) is 17.2. The van der Waals surface area contributed by atoms with E-state index in [-0.39, 0.29) is 22.9 Å². The smallest absolute Gasteiger partial charge is 0.250 e. The molecular formula is C16H21NO6S. The summed E-state index contributed by atoms with van der Waals surface area (Å²) in [5, 5.41) is 9.13. The van der Waals surface area contributed by atoms with Gasteiger partial charge in [0, 0.05) is 0 Å². The molecule has 2 N–H and O–H groups in total. The Balaban J connectivity index is 1.90. The third-order valence-electron chi connectivity index (χ3n) is 4.90. The maximum Gasteiger partial charge on any atom is 0.250 e. The zero-order chi connectivity index (χ0) is 17.4. The van der Waals surface area contributed by atoms with Crippen molar-refractivity contribution in [2.75, 3.05) is 12.9 Å². The number of nitrogens with one attached hydrogen (secondary N) is 1. The molecule has 0 spiro atoms. The average Bonchev–Trinajstić information content (AvgIpc) is 2.92. The van der Waals surface area contributed by atoms with Crippen LogP contribution < -0.4 is 10.2 Å². The van der Waals surface area contributed by atoms with Gasteiger partial charge in [-0.25, -0.2) is 13.9 Å². The van der Waals surface area contributed by atoms with Gasteiger partial charge in [-0.05, 0) is 49.9 Å². The molecule has 1 amide bonds. The van der Waals surface area contributed by atoms with E-state index >= 15 is 0 Å². The molecular weight excluding hydrogens is 334 g/mol. The first-order valence-electron chi connectivity index (χ1n) is 7.85. The fourth-order valence-corrected chi connectivity index (χ4v) is 5.56. The predicted octanol–water partition coefficient (Wildman–Crippen LogP) is 1.30. The Labute approximate surface area is 140 Å². The van der Waals surface area contributed by atoms with Gasteiger partial charge in [-0.15, -0.1) is 0 Å². The van der Waals surface area contributed by atoms with Crippen molar-refractivity contribution in [3.8, 4) is 5.75 Å². The molecule has 0 saturated carbocycles. The number of hydrogen-bond donors (Lipinski definition) is 2. The van der Waals surface area contributed by atoms with Gasteiger partial charge in [0.1, 0.15) is 5.75 Å². The zero-order valence-electron chi connectivity index (χ0n) is 13.4. The molecule has 2 bridgehead atoms. The number of hydroxylamine groups is 1. The molecule has 0 aliphatic carbocycles. The number of amides is 1. The molecule has 0 aromatic heterocycles. The molecule has 2 aliphatic heterocycles. The molecule has 1 aromatic carbocycles. The van der Waals surface area contributed by atoms with Crippen molar-refractivity contribution in [3.63, 3.8) is 0 Å². The molecule has 132 valence electrons. The molecule has 1 unspecified atom stereocenters. The van der Waals surface area contributed by atoms with Crippen LogP contribution >= 0.6 is 0 Å². The van der Waals surface area contributed by atoms with E-state index in [1.54, 1.807) is 17.6 Å². The quantitative estimate of drug-likeness (QED) is 0.610. The first-order valence-corrected chi connectivity index (χ1v) is 9.50. The lowest BCUT2D eigenvalue weighted by Gasteiger charge is -2.38. The van der Waals surface area contributed by atoms with Gasteiger partial charge in [-0.1, -0.05) is 0 Å². The van der Waals surface area contributed by atoms with E-state index in [2.05, 4.69) is 0 Å². The number of sulfone groups is 1. The summed E-state index contributed by atoms with van der Waals surface area (Å²) in [5.74, 6) is -0.449. The Morgan fingerprint density at radius 1 is 1.29 bits per heavy atom. The van der Waals surface area contributed by atoms with Crippen LogP contribution in [0.4, 0.5) is 0 Å². The van der Waals surface area contributed by atoms with Gasteiger partial charge < -0.3 is 9.47 Å². The molecule has 3 rings (SSSR count). The van der Waals surface area contributed by atoms with Crippen LogP contribution in [0.15, 0.2) is 29.2 Å². The van der Waals surface area contributed by atoms with E-state index in [1.807, 2.05) is 0 Å². The molecule has 2 heterocycles. The molecule has 24 heavy (non-hydrogen) atoms. The fourth-order valence-electron chi connectivity index (χ4n) is 3.75. The summed E-state index contributed by atoms with van der Waals surface area (Å²) in [6.45, 7) is 0. The third-order valence-corrected chi connectivity index (χ3v) is 6.82. The highest BCUT2D eigenvalue weighted by Crippen LogP contribution is 2.45. The normalized spacial score (nSPS) is 29.2. The Morgan fingerprint density at radius 2 is 1.88 bits per heavy atom. The van der Waals surface area contributed by atoms with Gasteiger partial charge in [0.15, 0.2) is 9.84 Å². The highest BCUT2D eigenvalue weighted by molar-refractivity contribution is 7.91. The second kappa shape index (κ2) is 6.34. The van der Waals surface area contributed by atoms with E-state index in [1.165, 1.54) is 19.2 Å². The number of carbonyl (C=O) groups is 1. The summed E-state index contributed by atoms with van der Waals surface area (Å²) < 4.78 is 36.4. The van der Waals surface area contributed by atoms with Crippen molar-refractivity contribution < 1.29 is 27.9 Å². The van der Waals surface area contributed by atoms with Crippen molar-refractivity contribution in [1.29, 1.82) is 0 Å². The summed E-state index contributed by atoms with van der Waals surface area (Å²) in [6.07, 6.45) is 1.96. The Bertz CT molecular complexity index is 703. The van der Waals surface area contributed by atoms with Crippen LogP contribution in [-0.2, 0) is 19.4 Å². The SMILES string of the molecule is COc1ccc(S(=O)(=O)CC2(C(=O)NO)C[C@H]3CC[C@@H](C2)O3)cc1. The maximum absolute atomic E-state index is 12.8. The Morgan fingerprint density at radius 3 is 2.38 bits per heavy atom. The monoisotopic (exact) mass is 355 g/mol. The first-order chi connectivity index (χ1) is 11.4. The number of benzene rings is 1. The fraction of sp³-hybridized carbons (Fsp3) is 0.562. The van der Waals surface area contributed by atoms with Crippen molar-refractivity contribution in [2.24, 2.45) is 5.41 Å². The van der Waals surface area contributed by atoms with Gasteiger partial charge in [0.05, 0.1) is 35.4 Å². The van der Waals surface area contributed by atoms with E-state index in [4.69, 9.17) is 14.7 Å². The number of rotatable bonds is 5. The second-order valence-corrected chi connectivity index (χ2v) is 8.51. The second-order valence-electron chi connectivity index (χ2n) is 6.52. The lowest BCUT2D eigenvalue weighted by atomic mass is 9.78. The Kier molecular flexibility index (Phi) is 4.54. The molecule has 0 radical (unpaired) electrons. The van der Waals surface area contributed by atoms with Crippen molar-refractivity contribution in [2.45, 2.75) is 42.8 Å². The third kappa shape index (κ3) is 3.13. The topological polar surface area (TPSA) is 102 Å².